The summed E-state index contributed by atoms with van der Waals surface area (Å²) in [6, 6.07) is 14.6. The Morgan fingerprint density at radius 1 is 1.17 bits per heavy atom. The number of nitrogens with one attached hydrogen (secondary N) is 1. The van der Waals surface area contributed by atoms with Crippen LogP contribution in [-0.2, 0) is 4.74 Å². The lowest BCUT2D eigenvalue weighted by atomic mass is 10.00. The van der Waals surface area contributed by atoms with Gasteiger partial charge < -0.3 is 9.72 Å². The number of rotatable bonds is 6. The zero-order valence-electron chi connectivity index (χ0n) is 14.1. The monoisotopic (exact) mass is 308 g/mol. The molecular formula is C20H24N2O. The molecule has 0 aliphatic rings. The summed E-state index contributed by atoms with van der Waals surface area (Å²) in [5.74, 6) is 0.913. The number of nitrogens with zero attached hydrogens (tertiary/aromatic N) is 1. The Balaban J connectivity index is 1.98. The van der Waals surface area contributed by atoms with Crippen LogP contribution in [-0.4, -0.2) is 16.6 Å². The molecule has 0 spiro atoms. The van der Waals surface area contributed by atoms with Crippen molar-refractivity contribution in [3.63, 3.8) is 0 Å². The fourth-order valence-electron chi connectivity index (χ4n) is 2.80. The van der Waals surface area contributed by atoms with Gasteiger partial charge in [-0.1, -0.05) is 43.2 Å². The summed E-state index contributed by atoms with van der Waals surface area (Å²) in [6.45, 7) is 7.20. The number of hydrogen-bond acceptors (Lipinski definition) is 2. The Labute approximate surface area is 137 Å². The number of ether oxygens (including phenoxy) is 1. The first-order valence-electron chi connectivity index (χ1n) is 8.36. The highest BCUT2D eigenvalue weighted by atomic mass is 16.5. The Hall–Kier alpha value is -2.13. The fourth-order valence-corrected chi connectivity index (χ4v) is 2.80. The molecule has 0 fully saturated rings. The maximum absolute atomic E-state index is 6.00. The number of aromatic amines is 1. The number of aromatic nitrogens is 2. The number of fused-ring (bicyclic) bond motifs is 1. The molecule has 0 aliphatic carbocycles. The molecule has 1 atom stereocenters. The van der Waals surface area contributed by atoms with Gasteiger partial charge in [0.2, 0.25) is 0 Å². The van der Waals surface area contributed by atoms with E-state index in [-0.39, 0.29) is 6.10 Å². The molecule has 1 heterocycles. The molecular weight excluding hydrogens is 284 g/mol. The molecule has 3 aromatic rings. The molecule has 3 heteroatoms. The Bertz CT molecular complexity index is 758. The minimum absolute atomic E-state index is 0.0605. The predicted octanol–water partition coefficient (Wildman–Crippen LogP) is 5.42. The summed E-state index contributed by atoms with van der Waals surface area (Å²) in [4.78, 5) is 8.19. The van der Waals surface area contributed by atoms with Crippen LogP contribution in [0.4, 0.5) is 0 Å². The van der Waals surface area contributed by atoms with Crippen LogP contribution in [0.3, 0.4) is 0 Å². The molecule has 0 saturated heterocycles. The molecule has 1 N–H and O–H groups in total. The van der Waals surface area contributed by atoms with Crippen molar-refractivity contribution in [2.75, 3.05) is 6.61 Å². The van der Waals surface area contributed by atoms with Crippen LogP contribution in [0.15, 0.2) is 42.5 Å². The van der Waals surface area contributed by atoms with Gasteiger partial charge in [-0.25, -0.2) is 4.98 Å². The molecule has 3 rings (SSSR count). The van der Waals surface area contributed by atoms with Gasteiger partial charge in [-0.2, -0.15) is 0 Å². The van der Waals surface area contributed by atoms with E-state index < -0.39 is 0 Å². The second kappa shape index (κ2) is 6.97. The summed E-state index contributed by atoms with van der Waals surface area (Å²) in [7, 11) is 0. The summed E-state index contributed by atoms with van der Waals surface area (Å²) in [6.07, 6.45) is 2.30. The Morgan fingerprint density at radius 3 is 2.78 bits per heavy atom. The largest absolute Gasteiger partial charge is 0.374 e. The maximum Gasteiger partial charge on any atom is 0.138 e. The van der Waals surface area contributed by atoms with Crippen LogP contribution in [0.2, 0.25) is 0 Å². The summed E-state index contributed by atoms with van der Waals surface area (Å²) >= 11 is 0. The van der Waals surface area contributed by atoms with Gasteiger partial charge in [0.1, 0.15) is 5.82 Å². The number of benzene rings is 2. The number of hydrogen-bond donors (Lipinski definition) is 1. The Kier molecular flexibility index (Phi) is 4.77. The average Bonchev–Trinajstić information content (AvgIpc) is 2.99. The van der Waals surface area contributed by atoms with E-state index in [0.717, 1.165) is 41.9 Å². The van der Waals surface area contributed by atoms with E-state index in [1.165, 1.54) is 11.1 Å². The third kappa shape index (κ3) is 3.45. The molecule has 0 unspecified atom stereocenters. The first-order valence-corrected chi connectivity index (χ1v) is 8.36. The minimum atomic E-state index is 0.0605. The van der Waals surface area contributed by atoms with E-state index >= 15 is 0 Å². The molecule has 120 valence electrons. The second-order valence-electron chi connectivity index (χ2n) is 6.06. The lowest BCUT2D eigenvalue weighted by Gasteiger charge is -2.17. The van der Waals surface area contributed by atoms with Gasteiger partial charge in [0.15, 0.2) is 0 Å². The first kappa shape index (κ1) is 15.8. The summed E-state index contributed by atoms with van der Waals surface area (Å²) < 4.78 is 6.00. The maximum atomic E-state index is 6.00. The van der Waals surface area contributed by atoms with Crippen molar-refractivity contribution in [3.05, 3.63) is 53.6 Å². The molecule has 23 heavy (non-hydrogen) atoms. The SMILES string of the molecule is CCCCO[C@@H](C)c1ccc(C)cc1-c1nc2ccccc2[nH]1. The van der Waals surface area contributed by atoms with Gasteiger partial charge in [-0.3, -0.25) is 0 Å². The number of aryl methyl sites for hydroxylation is 1. The molecule has 3 nitrogen and oxygen atoms in total. The second-order valence-corrected chi connectivity index (χ2v) is 6.06. The third-order valence-corrected chi connectivity index (χ3v) is 4.16. The molecule has 1 aromatic heterocycles. The van der Waals surface area contributed by atoms with Crippen LogP contribution in [0, 0.1) is 6.92 Å². The lowest BCUT2D eigenvalue weighted by molar-refractivity contribution is 0.0640. The van der Waals surface area contributed by atoms with Gasteiger partial charge in [0.05, 0.1) is 17.1 Å². The standard InChI is InChI=1S/C20H24N2O/c1-4-5-12-23-15(3)16-11-10-14(2)13-17(16)20-21-18-8-6-7-9-19(18)22-20/h6-11,13,15H,4-5,12H2,1-3H3,(H,21,22)/t15-/m0/s1. The fraction of sp³-hybridized carbons (Fsp3) is 0.350. The van der Waals surface area contributed by atoms with Crippen molar-refractivity contribution >= 4 is 11.0 Å². The van der Waals surface area contributed by atoms with Crippen LogP contribution in [0.25, 0.3) is 22.4 Å². The zero-order valence-corrected chi connectivity index (χ0v) is 14.1. The highest BCUT2D eigenvalue weighted by Gasteiger charge is 2.15. The number of para-hydroxylation sites is 2. The van der Waals surface area contributed by atoms with Crippen LogP contribution >= 0.6 is 0 Å². The van der Waals surface area contributed by atoms with Crippen LogP contribution < -0.4 is 0 Å². The number of unbranched alkanes of at least 4 members (excludes halogenated alkanes) is 1. The van der Waals surface area contributed by atoms with Crippen molar-refractivity contribution in [2.45, 2.75) is 39.7 Å². The van der Waals surface area contributed by atoms with Crippen molar-refractivity contribution in [1.29, 1.82) is 0 Å². The van der Waals surface area contributed by atoms with E-state index in [1.807, 2.05) is 18.2 Å². The molecule has 0 saturated carbocycles. The molecule has 2 aromatic carbocycles. The highest BCUT2D eigenvalue weighted by molar-refractivity contribution is 5.80. The van der Waals surface area contributed by atoms with E-state index in [9.17, 15) is 0 Å². The topological polar surface area (TPSA) is 37.9 Å². The normalized spacial score (nSPS) is 12.7. The van der Waals surface area contributed by atoms with Crippen LogP contribution in [0.5, 0.6) is 0 Å². The quantitative estimate of drug-likeness (QED) is 0.618. The lowest BCUT2D eigenvalue weighted by Crippen LogP contribution is -2.04. The molecule has 0 radical (unpaired) electrons. The van der Waals surface area contributed by atoms with Crippen molar-refractivity contribution in [3.8, 4) is 11.4 Å². The van der Waals surface area contributed by atoms with Gasteiger partial charge >= 0.3 is 0 Å². The van der Waals surface area contributed by atoms with Gasteiger partial charge in [0, 0.05) is 12.2 Å². The Morgan fingerprint density at radius 2 is 2.00 bits per heavy atom. The predicted molar refractivity (Wildman–Crippen MR) is 95.5 cm³/mol. The van der Waals surface area contributed by atoms with Gasteiger partial charge in [0.25, 0.3) is 0 Å². The zero-order chi connectivity index (χ0) is 16.2. The van der Waals surface area contributed by atoms with Crippen LogP contribution in [0.1, 0.15) is 43.9 Å². The van der Waals surface area contributed by atoms with E-state index in [0.29, 0.717) is 0 Å². The van der Waals surface area contributed by atoms with Gasteiger partial charge in [-0.15, -0.1) is 0 Å². The van der Waals surface area contributed by atoms with Crippen molar-refractivity contribution in [1.82, 2.24) is 9.97 Å². The van der Waals surface area contributed by atoms with E-state index in [2.05, 4.69) is 50.0 Å². The summed E-state index contributed by atoms with van der Waals surface area (Å²) in [5, 5.41) is 0. The highest BCUT2D eigenvalue weighted by Crippen LogP contribution is 2.30. The van der Waals surface area contributed by atoms with Gasteiger partial charge in [-0.05, 0) is 44.0 Å². The summed E-state index contributed by atoms with van der Waals surface area (Å²) in [5.41, 5.74) is 5.60. The van der Waals surface area contributed by atoms with E-state index in [1.54, 1.807) is 0 Å². The molecule has 0 aliphatic heterocycles. The molecule has 0 bridgehead atoms. The number of H-pyrrole nitrogens is 1. The minimum Gasteiger partial charge on any atom is -0.374 e. The van der Waals surface area contributed by atoms with Crippen molar-refractivity contribution in [2.24, 2.45) is 0 Å². The molecule has 0 amide bonds. The average molecular weight is 308 g/mol. The smallest absolute Gasteiger partial charge is 0.138 e. The number of imidazole rings is 1. The first-order chi connectivity index (χ1) is 11.2. The van der Waals surface area contributed by atoms with E-state index in [4.69, 9.17) is 9.72 Å². The third-order valence-electron chi connectivity index (χ3n) is 4.16. The van der Waals surface area contributed by atoms with Crippen molar-refractivity contribution < 1.29 is 4.74 Å².